The highest BCUT2D eigenvalue weighted by Gasteiger charge is 2.22. The standard InChI is InChI=1S/C24H31N3O/c28-23(16-19-9-3-1-4-10-19)27-24-21(15-18-11-7-8-12-18)26-22(17-25-24)20-13-5-2-6-14-20/h2,5-6,13-14,17-19H,1,3-4,7-12,15-16H2,(H,25,27,28). The molecule has 148 valence electrons. The van der Waals surface area contributed by atoms with Gasteiger partial charge in [0.2, 0.25) is 5.91 Å². The number of anilines is 1. The number of rotatable bonds is 6. The molecule has 0 saturated heterocycles. The summed E-state index contributed by atoms with van der Waals surface area (Å²) in [5, 5.41) is 3.10. The van der Waals surface area contributed by atoms with Gasteiger partial charge in [0.15, 0.2) is 5.82 Å². The van der Waals surface area contributed by atoms with Crippen molar-refractivity contribution in [1.29, 1.82) is 0 Å². The first kappa shape index (κ1) is 19.1. The number of carbonyl (C=O) groups excluding carboxylic acids is 1. The molecule has 0 aliphatic heterocycles. The molecule has 0 unspecified atom stereocenters. The second kappa shape index (κ2) is 9.31. The molecule has 4 heteroatoms. The van der Waals surface area contributed by atoms with E-state index in [-0.39, 0.29) is 5.91 Å². The number of aromatic nitrogens is 2. The van der Waals surface area contributed by atoms with Crippen molar-refractivity contribution in [2.45, 2.75) is 70.6 Å². The Morgan fingerprint density at radius 2 is 1.61 bits per heavy atom. The van der Waals surface area contributed by atoms with Crippen molar-refractivity contribution in [3.8, 4) is 11.3 Å². The van der Waals surface area contributed by atoms with Gasteiger partial charge >= 0.3 is 0 Å². The largest absolute Gasteiger partial charge is 0.309 e. The van der Waals surface area contributed by atoms with Crippen molar-refractivity contribution in [3.05, 3.63) is 42.2 Å². The minimum absolute atomic E-state index is 0.0985. The third-order valence-corrected chi connectivity index (χ3v) is 6.33. The van der Waals surface area contributed by atoms with E-state index in [0.29, 0.717) is 24.1 Å². The Balaban J connectivity index is 1.51. The fourth-order valence-corrected chi connectivity index (χ4v) is 4.75. The predicted molar refractivity (Wildman–Crippen MR) is 113 cm³/mol. The smallest absolute Gasteiger partial charge is 0.225 e. The maximum atomic E-state index is 12.6. The highest BCUT2D eigenvalue weighted by atomic mass is 16.1. The fourth-order valence-electron chi connectivity index (χ4n) is 4.75. The van der Waals surface area contributed by atoms with Gasteiger partial charge in [-0.2, -0.15) is 0 Å². The van der Waals surface area contributed by atoms with Crippen LogP contribution >= 0.6 is 0 Å². The van der Waals surface area contributed by atoms with Crippen molar-refractivity contribution in [2.24, 2.45) is 11.8 Å². The summed E-state index contributed by atoms with van der Waals surface area (Å²) in [6, 6.07) is 10.2. The Morgan fingerprint density at radius 1 is 0.929 bits per heavy atom. The van der Waals surface area contributed by atoms with Crippen LogP contribution in [0.4, 0.5) is 5.82 Å². The van der Waals surface area contributed by atoms with Gasteiger partial charge in [0.05, 0.1) is 17.6 Å². The molecule has 2 saturated carbocycles. The lowest BCUT2D eigenvalue weighted by atomic mass is 9.87. The number of hydrogen-bond donors (Lipinski definition) is 1. The average molecular weight is 378 g/mol. The molecule has 1 heterocycles. The Morgan fingerprint density at radius 3 is 2.36 bits per heavy atom. The molecule has 1 aromatic carbocycles. The van der Waals surface area contributed by atoms with Crippen LogP contribution in [0.2, 0.25) is 0 Å². The minimum atomic E-state index is 0.0985. The Kier molecular flexibility index (Phi) is 6.35. The van der Waals surface area contributed by atoms with Gasteiger partial charge < -0.3 is 5.32 Å². The SMILES string of the molecule is O=C(CC1CCCCC1)Nc1ncc(-c2ccccc2)nc1CC1CCCC1. The molecule has 28 heavy (non-hydrogen) atoms. The quantitative estimate of drug-likeness (QED) is 0.693. The number of carbonyl (C=O) groups is 1. The van der Waals surface area contributed by atoms with Crippen LogP contribution in [0.25, 0.3) is 11.3 Å². The van der Waals surface area contributed by atoms with Crippen LogP contribution in [-0.4, -0.2) is 15.9 Å². The molecule has 4 rings (SSSR count). The Hall–Kier alpha value is -2.23. The average Bonchev–Trinajstić information content (AvgIpc) is 3.24. The van der Waals surface area contributed by atoms with Gasteiger partial charge in [0, 0.05) is 12.0 Å². The maximum absolute atomic E-state index is 12.6. The van der Waals surface area contributed by atoms with Gasteiger partial charge in [-0.05, 0) is 31.1 Å². The highest BCUT2D eigenvalue weighted by Crippen LogP contribution is 2.31. The Bertz CT molecular complexity index is 778. The third-order valence-electron chi connectivity index (χ3n) is 6.33. The molecule has 2 fully saturated rings. The van der Waals surface area contributed by atoms with E-state index in [2.05, 4.69) is 22.4 Å². The summed E-state index contributed by atoms with van der Waals surface area (Å²) in [7, 11) is 0. The molecule has 0 bridgehead atoms. The fraction of sp³-hybridized carbons (Fsp3) is 0.542. The summed E-state index contributed by atoms with van der Waals surface area (Å²) in [5.74, 6) is 1.96. The van der Waals surface area contributed by atoms with E-state index in [4.69, 9.17) is 4.98 Å². The number of nitrogens with zero attached hydrogens (tertiary/aromatic N) is 2. The summed E-state index contributed by atoms with van der Waals surface area (Å²) in [6.07, 6.45) is 14.6. The summed E-state index contributed by atoms with van der Waals surface area (Å²) < 4.78 is 0. The third kappa shape index (κ3) is 4.98. The summed E-state index contributed by atoms with van der Waals surface area (Å²) >= 11 is 0. The molecule has 2 aromatic rings. The van der Waals surface area contributed by atoms with E-state index in [1.807, 2.05) is 18.2 Å². The van der Waals surface area contributed by atoms with Gasteiger partial charge in [-0.15, -0.1) is 0 Å². The van der Waals surface area contributed by atoms with Crippen molar-refractivity contribution in [1.82, 2.24) is 9.97 Å². The van der Waals surface area contributed by atoms with Crippen LogP contribution in [0.5, 0.6) is 0 Å². The van der Waals surface area contributed by atoms with E-state index in [9.17, 15) is 4.79 Å². The van der Waals surface area contributed by atoms with E-state index in [0.717, 1.165) is 23.4 Å². The van der Waals surface area contributed by atoms with Crippen LogP contribution in [0.15, 0.2) is 36.5 Å². The predicted octanol–water partition coefficient (Wildman–Crippen LogP) is 5.79. The highest BCUT2D eigenvalue weighted by molar-refractivity contribution is 5.90. The topological polar surface area (TPSA) is 54.9 Å². The van der Waals surface area contributed by atoms with E-state index >= 15 is 0 Å². The number of hydrogen-bond acceptors (Lipinski definition) is 3. The molecule has 4 nitrogen and oxygen atoms in total. The van der Waals surface area contributed by atoms with E-state index in [1.54, 1.807) is 6.20 Å². The molecule has 0 radical (unpaired) electrons. The summed E-state index contributed by atoms with van der Waals surface area (Å²) in [4.78, 5) is 22.2. The number of amides is 1. The zero-order valence-electron chi connectivity index (χ0n) is 16.7. The van der Waals surface area contributed by atoms with Crippen LogP contribution < -0.4 is 5.32 Å². The van der Waals surface area contributed by atoms with Gasteiger partial charge in [0.1, 0.15) is 0 Å². The Labute approximate surface area is 168 Å². The van der Waals surface area contributed by atoms with Crippen LogP contribution in [0.3, 0.4) is 0 Å². The molecule has 2 aliphatic rings. The minimum Gasteiger partial charge on any atom is -0.309 e. The molecule has 1 amide bonds. The molecular weight excluding hydrogens is 346 g/mol. The second-order valence-corrected chi connectivity index (χ2v) is 8.53. The summed E-state index contributed by atoms with van der Waals surface area (Å²) in [5.41, 5.74) is 2.91. The van der Waals surface area contributed by atoms with E-state index in [1.165, 1.54) is 57.8 Å². The lowest BCUT2D eigenvalue weighted by Gasteiger charge is -2.21. The van der Waals surface area contributed by atoms with Gasteiger partial charge in [0.25, 0.3) is 0 Å². The molecule has 1 N–H and O–H groups in total. The first-order valence-corrected chi connectivity index (χ1v) is 11.0. The second-order valence-electron chi connectivity index (χ2n) is 8.53. The number of benzene rings is 1. The van der Waals surface area contributed by atoms with Crippen molar-refractivity contribution < 1.29 is 4.79 Å². The van der Waals surface area contributed by atoms with Gasteiger partial charge in [-0.3, -0.25) is 4.79 Å². The van der Waals surface area contributed by atoms with Gasteiger partial charge in [-0.25, -0.2) is 9.97 Å². The normalized spacial score (nSPS) is 18.3. The van der Waals surface area contributed by atoms with Gasteiger partial charge in [-0.1, -0.05) is 75.3 Å². The van der Waals surface area contributed by atoms with Crippen LogP contribution in [0, 0.1) is 11.8 Å². The zero-order chi connectivity index (χ0) is 19.2. The summed E-state index contributed by atoms with van der Waals surface area (Å²) in [6.45, 7) is 0. The monoisotopic (exact) mass is 377 g/mol. The van der Waals surface area contributed by atoms with Crippen molar-refractivity contribution in [2.75, 3.05) is 5.32 Å². The van der Waals surface area contributed by atoms with Crippen molar-refractivity contribution in [3.63, 3.8) is 0 Å². The van der Waals surface area contributed by atoms with E-state index < -0.39 is 0 Å². The zero-order valence-corrected chi connectivity index (χ0v) is 16.7. The maximum Gasteiger partial charge on any atom is 0.225 e. The lowest BCUT2D eigenvalue weighted by molar-refractivity contribution is -0.117. The van der Waals surface area contributed by atoms with Crippen LogP contribution in [0.1, 0.15) is 69.9 Å². The molecule has 2 aliphatic carbocycles. The molecule has 1 aromatic heterocycles. The molecule has 0 atom stereocenters. The van der Waals surface area contributed by atoms with Crippen LogP contribution in [-0.2, 0) is 11.2 Å². The number of nitrogens with one attached hydrogen (secondary N) is 1. The lowest BCUT2D eigenvalue weighted by Crippen LogP contribution is -2.20. The first-order chi connectivity index (χ1) is 13.8. The molecular formula is C24H31N3O. The van der Waals surface area contributed by atoms with Crippen molar-refractivity contribution >= 4 is 11.7 Å². The first-order valence-electron chi connectivity index (χ1n) is 11.0. The molecule has 0 spiro atoms.